The number of methoxy groups -OCH3 is 1. The van der Waals surface area contributed by atoms with Crippen LogP contribution in [0, 0.1) is 6.92 Å². The zero-order valence-electron chi connectivity index (χ0n) is 12.1. The third kappa shape index (κ3) is 3.23. The Morgan fingerprint density at radius 2 is 1.82 bits per heavy atom. The van der Waals surface area contributed by atoms with E-state index in [2.05, 4.69) is 0 Å². The lowest BCUT2D eigenvalue weighted by molar-refractivity contribution is -0.130. The van der Waals surface area contributed by atoms with Crippen LogP contribution < -0.4 is 4.74 Å². The fraction of sp³-hybridized carbons (Fsp3) is 0.118. The summed E-state index contributed by atoms with van der Waals surface area (Å²) in [5.74, 6) is -1.06. The first-order chi connectivity index (χ1) is 10.4. The minimum Gasteiger partial charge on any atom is -0.503 e. The van der Waals surface area contributed by atoms with Crippen LogP contribution in [0.2, 0.25) is 5.02 Å². The molecule has 22 heavy (non-hydrogen) atoms. The molecule has 0 saturated heterocycles. The molecule has 0 radical (unpaired) electrons. The molecule has 0 aliphatic rings. The SMILES string of the molecule is COc1ccc(/C=C(\C(=O)O)c2ccc(C)cc2)c(Cl)c1O. The van der Waals surface area contributed by atoms with E-state index in [1.165, 1.54) is 19.3 Å². The zero-order chi connectivity index (χ0) is 16.3. The third-order valence-corrected chi connectivity index (χ3v) is 3.62. The molecular formula is C17H15ClO4. The van der Waals surface area contributed by atoms with Gasteiger partial charge >= 0.3 is 5.97 Å². The topological polar surface area (TPSA) is 66.8 Å². The van der Waals surface area contributed by atoms with Crippen molar-refractivity contribution in [1.29, 1.82) is 0 Å². The first-order valence-electron chi connectivity index (χ1n) is 6.51. The maximum Gasteiger partial charge on any atom is 0.336 e. The highest BCUT2D eigenvalue weighted by molar-refractivity contribution is 6.34. The number of phenolic OH excluding ortho intramolecular Hbond substituents is 1. The number of benzene rings is 2. The van der Waals surface area contributed by atoms with E-state index in [1.54, 1.807) is 18.2 Å². The van der Waals surface area contributed by atoms with Gasteiger partial charge in [-0.05, 0) is 36.3 Å². The summed E-state index contributed by atoms with van der Waals surface area (Å²) in [6.07, 6.45) is 1.43. The standard InChI is InChI=1S/C17H15ClO4/c1-10-3-5-11(6-4-10)13(17(20)21)9-12-7-8-14(22-2)16(19)15(12)18/h3-9,19H,1-2H3,(H,20,21)/b13-9-. The van der Waals surface area contributed by atoms with Crippen LogP contribution in [0.4, 0.5) is 0 Å². The molecule has 0 aliphatic heterocycles. The number of carbonyl (C=O) groups is 1. The van der Waals surface area contributed by atoms with Crippen molar-refractivity contribution < 1.29 is 19.7 Å². The van der Waals surface area contributed by atoms with Crippen LogP contribution in [0.1, 0.15) is 16.7 Å². The maximum atomic E-state index is 11.5. The minimum absolute atomic E-state index is 0.0465. The van der Waals surface area contributed by atoms with Crippen molar-refractivity contribution in [1.82, 2.24) is 0 Å². The number of carboxylic acid groups (broad SMARTS) is 1. The fourth-order valence-corrected chi connectivity index (χ4v) is 2.21. The molecule has 2 aromatic carbocycles. The Morgan fingerprint density at radius 1 is 1.18 bits per heavy atom. The summed E-state index contributed by atoms with van der Waals surface area (Å²) in [5.41, 5.74) is 2.09. The van der Waals surface area contributed by atoms with Crippen molar-refractivity contribution >= 4 is 29.2 Å². The van der Waals surface area contributed by atoms with Crippen LogP contribution in [-0.2, 0) is 4.79 Å². The van der Waals surface area contributed by atoms with Gasteiger partial charge in [0.2, 0.25) is 0 Å². The third-order valence-electron chi connectivity index (χ3n) is 3.22. The van der Waals surface area contributed by atoms with Crippen molar-refractivity contribution in [3.05, 3.63) is 58.1 Å². The molecule has 0 spiro atoms. The second-order valence-corrected chi connectivity index (χ2v) is 5.13. The van der Waals surface area contributed by atoms with Gasteiger partial charge < -0.3 is 14.9 Å². The summed E-state index contributed by atoms with van der Waals surface area (Å²) < 4.78 is 4.96. The smallest absolute Gasteiger partial charge is 0.336 e. The predicted octanol–water partition coefficient (Wildman–Crippen LogP) is 3.99. The quantitative estimate of drug-likeness (QED) is 0.661. The summed E-state index contributed by atoms with van der Waals surface area (Å²) in [6.45, 7) is 1.92. The van der Waals surface area contributed by atoms with E-state index in [0.29, 0.717) is 11.1 Å². The van der Waals surface area contributed by atoms with E-state index in [-0.39, 0.29) is 22.1 Å². The van der Waals surface area contributed by atoms with Gasteiger partial charge in [-0.2, -0.15) is 0 Å². The van der Waals surface area contributed by atoms with Crippen LogP contribution in [0.15, 0.2) is 36.4 Å². The summed E-state index contributed by atoms with van der Waals surface area (Å²) >= 11 is 6.07. The molecule has 0 aliphatic carbocycles. The fourth-order valence-electron chi connectivity index (χ4n) is 2.00. The number of aromatic hydroxyl groups is 1. The average Bonchev–Trinajstić information content (AvgIpc) is 2.50. The molecule has 4 nitrogen and oxygen atoms in total. The molecule has 0 bridgehead atoms. The van der Waals surface area contributed by atoms with Gasteiger partial charge in [0, 0.05) is 0 Å². The first-order valence-corrected chi connectivity index (χ1v) is 6.89. The van der Waals surface area contributed by atoms with E-state index in [4.69, 9.17) is 16.3 Å². The average molecular weight is 319 g/mol. The van der Waals surface area contributed by atoms with E-state index in [0.717, 1.165) is 5.56 Å². The lowest BCUT2D eigenvalue weighted by Crippen LogP contribution is -2.00. The normalized spacial score (nSPS) is 11.3. The van der Waals surface area contributed by atoms with Crippen molar-refractivity contribution in [2.45, 2.75) is 6.92 Å². The Balaban J connectivity index is 2.54. The van der Waals surface area contributed by atoms with E-state index < -0.39 is 5.97 Å². The number of phenols is 1. The first kappa shape index (κ1) is 15.9. The predicted molar refractivity (Wildman–Crippen MR) is 86.4 cm³/mol. The molecular weight excluding hydrogens is 304 g/mol. The molecule has 0 aromatic heterocycles. The number of ether oxygens (including phenoxy) is 1. The van der Waals surface area contributed by atoms with E-state index in [9.17, 15) is 15.0 Å². The molecule has 0 fully saturated rings. The molecule has 2 rings (SSSR count). The number of carboxylic acids is 1. The Labute approximate surface area is 133 Å². The number of hydrogen-bond donors (Lipinski definition) is 2. The Morgan fingerprint density at radius 3 is 2.36 bits per heavy atom. The lowest BCUT2D eigenvalue weighted by atomic mass is 10.0. The van der Waals surface area contributed by atoms with Crippen molar-refractivity contribution in [2.24, 2.45) is 0 Å². The summed E-state index contributed by atoms with van der Waals surface area (Å²) in [7, 11) is 1.41. The lowest BCUT2D eigenvalue weighted by Gasteiger charge is -2.09. The van der Waals surface area contributed by atoms with Gasteiger partial charge in [0.1, 0.15) is 0 Å². The molecule has 5 heteroatoms. The minimum atomic E-state index is -1.07. The Hall–Kier alpha value is -2.46. The van der Waals surface area contributed by atoms with E-state index in [1.807, 2.05) is 19.1 Å². The second kappa shape index (κ2) is 6.54. The number of rotatable bonds is 4. The van der Waals surface area contributed by atoms with Gasteiger partial charge in [-0.3, -0.25) is 0 Å². The van der Waals surface area contributed by atoms with Crippen LogP contribution in [0.3, 0.4) is 0 Å². The Bertz CT molecular complexity index is 733. The number of aliphatic carboxylic acids is 1. The number of halogens is 1. The molecule has 0 amide bonds. The van der Waals surface area contributed by atoms with Gasteiger partial charge in [0.05, 0.1) is 17.7 Å². The second-order valence-electron chi connectivity index (χ2n) is 4.75. The molecule has 2 aromatic rings. The highest BCUT2D eigenvalue weighted by Gasteiger charge is 2.14. The van der Waals surface area contributed by atoms with Gasteiger partial charge in [-0.1, -0.05) is 41.4 Å². The number of hydrogen-bond acceptors (Lipinski definition) is 3. The monoisotopic (exact) mass is 318 g/mol. The summed E-state index contributed by atoms with van der Waals surface area (Å²) in [6, 6.07) is 10.2. The maximum absolute atomic E-state index is 11.5. The van der Waals surface area contributed by atoms with Gasteiger partial charge in [-0.15, -0.1) is 0 Å². The highest BCUT2D eigenvalue weighted by Crippen LogP contribution is 2.37. The van der Waals surface area contributed by atoms with Crippen LogP contribution in [0.25, 0.3) is 11.6 Å². The van der Waals surface area contributed by atoms with Crippen LogP contribution in [-0.4, -0.2) is 23.3 Å². The molecule has 114 valence electrons. The van der Waals surface area contributed by atoms with Crippen molar-refractivity contribution in [2.75, 3.05) is 7.11 Å². The molecule has 0 heterocycles. The molecule has 0 saturated carbocycles. The van der Waals surface area contributed by atoms with Gasteiger partial charge in [0.25, 0.3) is 0 Å². The van der Waals surface area contributed by atoms with Gasteiger partial charge in [-0.25, -0.2) is 4.79 Å². The van der Waals surface area contributed by atoms with Crippen LogP contribution in [0.5, 0.6) is 11.5 Å². The van der Waals surface area contributed by atoms with E-state index >= 15 is 0 Å². The Kier molecular flexibility index (Phi) is 4.73. The molecule has 0 atom stereocenters. The van der Waals surface area contributed by atoms with Crippen molar-refractivity contribution in [3.63, 3.8) is 0 Å². The largest absolute Gasteiger partial charge is 0.503 e. The van der Waals surface area contributed by atoms with Crippen LogP contribution >= 0.6 is 11.6 Å². The molecule has 0 unspecified atom stereocenters. The van der Waals surface area contributed by atoms with Gasteiger partial charge in [0.15, 0.2) is 11.5 Å². The molecule has 2 N–H and O–H groups in total. The zero-order valence-corrected chi connectivity index (χ0v) is 12.9. The number of aryl methyl sites for hydroxylation is 1. The highest BCUT2D eigenvalue weighted by atomic mass is 35.5. The summed E-state index contributed by atoms with van der Waals surface area (Å²) in [4.78, 5) is 11.5. The summed E-state index contributed by atoms with van der Waals surface area (Å²) in [5, 5.41) is 19.4. The van der Waals surface area contributed by atoms with Crippen molar-refractivity contribution in [3.8, 4) is 11.5 Å².